The van der Waals surface area contributed by atoms with Crippen LogP contribution in [0.1, 0.15) is 22.6 Å². The van der Waals surface area contributed by atoms with E-state index in [2.05, 4.69) is 116 Å². The maximum atomic E-state index is 4.68. The predicted octanol–water partition coefficient (Wildman–Crippen LogP) is 8.37. The average Bonchev–Trinajstić information content (AvgIpc) is 3.18. The average molecular weight is 458 g/mol. The fourth-order valence-corrected chi connectivity index (χ4v) is 5.63. The first-order valence-electron chi connectivity index (χ1n) is 11.5. The van der Waals surface area contributed by atoms with Crippen LogP contribution in [0.4, 0.5) is 5.69 Å². The molecular formula is C32H27NS. The zero-order valence-corrected chi connectivity index (χ0v) is 19.9. The fraction of sp³-hybridized carbons (Fsp3) is 0.0938. The summed E-state index contributed by atoms with van der Waals surface area (Å²) in [5.41, 5.74) is 7.90. The van der Waals surface area contributed by atoms with E-state index in [1.54, 1.807) is 0 Å². The van der Waals surface area contributed by atoms with Crippen LogP contribution >= 0.6 is 12.6 Å². The Morgan fingerprint density at radius 1 is 0.882 bits per heavy atom. The van der Waals surface area contributed by atoms with Crippen LogP contribution in [-0.4, -0.2) is 6.21 Å². The number of allylic oxidation sites excluding steroid dienone is 7. The number of fused-ring (bicyclic) bond motifs is 4. The molecule has 1 heterocycles. The van der Waals surface area contributed by atoms with Crippen molar-refractivity contribution in [3.05, 3.63) is 150 Å². The van der Waals surface area contributed by atoms with Gasteiger partial charge in [0.05, 0.1) is 11.1 Å². The molecule has 2 aliphatic rings. The second-order valence-corrected chi connectivity index (χ2v) is 8.87. The molecular weight excluding hydrogens is 430 g/mol. The van der Waals surface area contributed by atoms with Crippen LogP contribution in [0.5, 0.6) is 0 Å². The summed E-state index contributed by atoms with van der Waals surface area (Å²) >= 11 is 4.68. The van der Waals surface area contributed by atoms with Crippen molar-refractivity contribution in [3.8, 4) is 11.1 Å². The maximum absolute atomic E-state index is 4.68. The molecule has 0 fully saturated rings. The van der Waals surface area contributed by atoms with Crippen molar-refractivity contribution in [2.45, 2.75) is 11.3 Å². The van der Waals surface area contributed by atoms with Gasteiger partial charge in [-0.15, -0.1) is 6.58 Å². The quantitative estimate of drug-likeness (QED) is 0.217. The summed E-state index contributed by atoms with van der Waals surface area (Å²) in [7, 11) is 0. The van der Waals surface area contributed by atoms with E-state index in [0.717, 1.165) is 11.3 Å². The zero-order chi connectivity index (χ0) is 23.5. The van der Waals surface area contributed by atoms with E-state index in [1.807, 2.05) is 35.9 Å². The molecule has 0 bridgehead atoms. The highest BCUT2D eigenvalue weighted by Crippen LogP contribution is 2.54. The molecule has 3 aromatic carbocycles. The second kappa shape index (κ2) is 9.32. The molecule has 0 saturated carbocycles. The topological polar surface area (TPSA) is 12.4 Å². The van der Waals surface area contributed by atoms with E-state index in [9.17, 15) is 0 Å². The van der Waals surface area contributed by atoms with Crippen molar-refractivity contribution >= 4 is 24.5 Å². The number of nitrogens with zero attached hydrogens (tertiary/aromatic N) is 1. The SMILES string of the molecule is C=C/C=C\C(=C\S)C1(/C=C/C2c3ccccc3N=CC2C=C)c2ccccc2-c2ccccc21. The smallest absolute Gasteiger partial charge is 0.0664 e. The maximum Gasteiger partial charge on any atom is 0.0664 e. The van der Waals surface area contributed by atoms with E-state index < -0.39 is 5.41 Å². The lowest BCUT2D eigenvalue weighted by atomic mass is 9.70. The molecule has 0 amide bonds. The number of hydrogen-bond acceptors (Lipinski definition) is 2. The van der Waals surface area contributed by atoms with Crippen molar-refractivity contribution in [3.63, 3.8) is 0 Å². The number of hydrogen-bond donors (Lipinski definition) is 1. The lowest BCUT2D eigenvalue weighted by molar-refractivity contribution is 0.725. The van der Waals surface area contributed by atoms with Crippen molar-refractivity contribution in [2.75, 3.05) is 0 Å². The Bertz CT molecular complexity index is 1330. The third kappa shape index (κ3) is 3.46. The van der Waals surface area contributed by atoms with Crippen LogP contribution < -0.4 is 0 Å². The van der Waals surface area contributed by atoms with Gasteiger partial charge in [0.2, 0.25) is 0 Å². The van der Waals surface area contributed by atoms with Gasteiger partial charge in [-0.2, -0.15) is 12.6 Å². The van der Waals surface area contributed by atoms with Crippen molar-refractivity contribution < 1.29 is 0 Å². The number of benzene rings is 3. The molecule has 5 rings (SSSR count). The summed E-state index contributed by atoms with van der Waals surface area (Å²) in [6.07, 6.45) is 14.6. The fourth-order valence-electron chi connectivity index (χ4n) is 5.34. The Morgan fingerprint density at radius 2 is 1.53 bits per heavy atom. The monoisotopic (exact) mass is 457 g/mol. The third-order valence-corrected chi connectivity index (χ3v) is 7.20. The van der Waals surface area contributed by atoms with Gasteiger partial charge in [-0.05, 0) is 44.9 Å². The molecule has 1 aliphatic carbocycles. The van der Waals surface area contributed by atoms with E-state index >= 15 is 0 Å². The van der Waals surface area contributed by atoms with Crippen molar-refractivity contribution in [1.82, 2.24) is 0 Å². The number of thiol groups is 1. The second-order valence-electron chi connectivity index (χ2n) is 8.61. The van der Waals surface area contributed by atoms with Crippen molar-refractivity contribution in [2.24, 2.45) is 10.9 Å². The van der Waals surface area contributed by atoms with Crippen LogP contribution in [0.25, 0.3) is 11.1 Å². The molecule has 0 aromatic heterocycles. The molecule has 3 aromatic rings. The first kappa shape index (κ1) is 22.2. The molecule has 0 radical (unpaired) electrons. The summed E-state index contributed by atoms with van der Waals surface area (Å²) in [6.45, 7) is 7.99. The number of para-hydroxylation sites is 1. The van der Waals surface area contributed by atoms with Crippen LogP contribution in [0, 0.1) is 5.92 Å². The third-order valence-electron chi connectivity index (χ3n) is 6.92. The van der Waals surface area contributed by atoms with E-state index in [4.69, 9.17) is 0 Å². The minimum absolute atomic E-state index is 0.127. The molecule has 0 spiro atoms. The van der Waals surface area contributed by atoms with Crippen LogP contribution in [-0.2, 0) is 5.41 Å². The minimum atomic E-state index is -0.469. The summed E-state index contributed by atoms with van der Waals surface area (Å²) in [4.78, 5) is 4.68. The van der Waals surface area contributed by atoms with Crippen LogP contribution in [0.2, 0.25) is 0 Å². The summed E-state index contributed by atoms with van der Waals surface area (Å²) < 4.78 is 0. The molecule has 2 atom stereocenters. The molecule has 166 valence electrons. The van der Waals surface area contributed by atoms with Gasteiger partial charge in [-0.25, -0.2) is 0 Å². The zero-order valence-electron chi connectivity index (χ0n) is 19.0. The van der Waals surface area contributed by atoms with Gasteiger partial charge < -0.3 is 0 Å². The highest BCUT2D eigenvalue weighted by Gasteiger charge is 2.43. The highest BCUT2D eigenvalue weighted by molar-refractivity contribution is 7.83. The van der Waals surface area contributed by atoms with E-state index in [-0.39, 0.29) is 11.8 Å². The normalized spacial score (nSPS) is 20.2. The molecule has 2 unspecified atom stereocenters. The highest BCUT2D eigenvalue weighted by atomic mass is 32.1. The lowest BCUT2D eigenvalue weighted by Crippen LogP contribution is -2.25. The van der Waals surface area contributed by atoms with Crippen molar-refractivity contribution in [1.29, 1.82) is 0 Å². The van der Waals surface area contributed by atoms with Gasteiger partial charge in [-0.3, -0.25) is 4.99 Å². The van der Waals surface area contributed by atoms with Gasteiger partial charge in [0.1, 0.15) is 0 Å². The van der Waals surface area contributed by atoms with Gasteiger partial charge in [-0.1, -0.05) is 110 Å². The minimum Gasteiger partial charge on any atom is -0.260 e. The van der Waals surface area contributed by atoms with Gasteiger partial charge in [0, 0.05) is 18.1 Å². The molecule has 1 nitrogen and oxygen atoms in total. The Kier molecular flexibility index (Phi) is 6.08. The summed E-state index contributed by atoms with van der Waals surface area (Å²) in [5.74, 6) is 0.273. The largest absolute Gasteiger partial charge is 0.260 e. The van der Waals surface area contributed by atoms with E-state index in [1.165, 1.54) is 27.8 Å². The first-order chi connectivity index (χ1) is 16.7. The van der Waals surface area contributed by atoms with Crippen LogP contribution in [0.3, 0.4) is 0 Å². The Balaban J connectivity index is 1.76. The summed E-state index contributed by atoms with van der Waals surface area (Å²) in [6, 6.07) is 25.7. The Hall–Kier alpha value is -3.62. The number of aliphatic imine (C=N–C) groups is 1. The Labute approximate surface area is 207 Å². The Morgan fingerprint density at radius 3 is 2.18 bits per heavy atom. The van der Waals surface area contributed by atoms with E-state index in [0.29, 0.717) is 0 Å². The van der Waals surface area contributed by atoms with Gasteiger partial charge in [0.25, 0.3) is 0 Å². The standard InChI is InChI=1S/C32H27NS/c1-3-5-12-24(22-34)32(29-16-9-6-13-26(29)27-14-7-10-17-30(27)32)20-19-25-23(4-2)21-33-31-18-11-8-15-28(25)31/h3-23,25,34H,1-2H2/b12-5-,20-19+,24-22-. The van der Waals surface area contributed by atoms with Gasteiger partial charge in [0.15, 0.2) is 0 Å². The first-order valence-corrected chi connectivity index (χ1v) is 12.0. The molecule has 2 heteroatoms. The molecule has 0 N–H and O–H groups in total. The summed E-state index contributed by atoms with van der Waals surface area (Å²) in [5, 5.41) is 1.92. The number of rotatable bonds is 6. The van der Waals surface area contributed by atoms with Crippen LogP contribution in [0.15, 0.2) is 138 Å². The molecule has 34 heavy (non-hydrogen) atoms. The lowest BCUT2D eigenvalue weighted by Gasteiger charge is -2.32. The van der Waals surface area contributed by atoms with Gasteiger partial charge >= 0.3 is 0 Å². The molecule has 0 saturated heterocycles. The molecule has 1 aliphatic heterocycles. The predicted molar refractivity (Wildman–Crippen MR) is 149 cm³/mol.